The number of fused-ring (bicyclic) bond motifs is 1. The van der Waals surface area contributed by atoms with Crippen molar-refractivity contribution in [1.82, 2.24) is 0 Å². The molecule has 1 heterocycles. The topological polar surface area (TPSA) is 75.7 Å². The highest BCUT2D eigenvalue weighted by atomic mass is 16.5. The van der Waals surface area contributed by atoms with Crippen molar-refractivity contribution in [2.24, 2.45) is 5.41 Å². The minimum atomic E-state index is -1.30. The summed E-state index contributed by atoms with van der Waals surface area (Å²) in [6, 6.07) is 14.2. The highest BCUT2D eigenvalue weighted by Crippen LogP contribution is 2.32. The molecule has 0 aliphatic carbocycles. The van der Waals surface area contributed by atoms with Crippen LogP contribution in [0.3, 0.4) is 0 Å². The molecule has 0 spiro atoms. The predicted octanol–water partition coefficient (Wildman–Crippen LogP) is 3.03. The van der Waals surface area contributed by atoms with Crippen molar-refractivity contribution in [2.75, 3.05) is 23.9 Å². The van der Waals surface area contributed by atoms with Gasteiger partial charge in [0.2, 0.25) is 11.8 Å². The van der Waals surface area contributed by atoms with Crippen molar-refractivity contribution >= 4 is 29.2 Å². The summed E-state index contributed by atoms with van der Waals surface area (Å²) >= 11 is 0. The molecule has 2 aromatic rings. The van der Waals surface area contributed by atoms with Gasteiger partial charge in [-0.1, -0.05) is 30.3 Å². The average Bonchev–Trinajstić information content (AvgIpc) is 3.11. The summed E-state index contributed by atoms with van der Waals surface area (Å²) in [4.78, 5) is 39.6. The number of anilines is 2. The Labute approximate surface area is 158 Å². The molecule has 140 valence electrons. The number of carbonyl (C=O) groups is 3. The highest BCUT2D eigenvalue weighted by molar-refractivity contribution is 6.16. The van der Waals surface area contributed by atoms with Crippen LogP contribution < -0.4 is 10.2 Å². The molecule has 3 rings (SSSR count). The first-order valence-corrected chi connectivity index (χ1v) is 8.75. The van der Waals surface area contributed by atoms with Crippen molar-refractivity contribution in [3.8, 4) is 0 Å². The Bertz CT molecular complexity index is 905. The van der Waals surface area contributed by atoms with Crippen LogP contribution in [0, 0.1) is 5.41 Å². The van der Waals surface area contributed by atoms with E-state index in [2.05, 4.69) is 5.32 Å². The summed E-state index contributed by atoms with van der Waals surface area (Å²) in [5, 5.41) is 2.71. The zero-order valence-electron chi connectivity index (χ0n) is 15.6. The highest BCUT2D eigenvalue weighted by Gasteiger charge is 2.41. The molecule has 0 unspecified atom stereocenters. The third-order valence-corrected chi connectivity index (χ3v) is 4.82. The van der Waals surface area contributed by atoms with Crippen LogP contribution in [0.15, 0.2) is 48.5 Å². The van der Waals surface area contributed by atoms with Gasteiger partial charge in [0, 0.05) is 12.2 Å². The normalized spacial score (nSPS) is 13.1. The first-order valence-electron chi connectivity index (χ1n) is 8.75. The average molecular weight is 366 g/mol. The van der Waals surface area contributed by atoms with Gasteiger partial charge in [-0.05, 0) is 44.0 Å². The molecule has 0 fully saturated rings. The van der Waals surface area contributed by atoms with E-state index in [1.54, 1.807) is 43.0 Å². The number of esters is 1. The van der Waals surface area contributed by atoms with Crippen LogP contribution in [0.2, 0.25) is 0 Å². The largest absolute Gasteiger partial charge is 0.465 e. The molecule has 6 nitrogen and oxygen atoms in total. The number of methoxy groups -OCH3 is 1. The Balaban J connectivity index is 1.83. The molecule has 1 aliphatic rings. The zero-order valence-corrected chi connectivity index (χ0v) is 15.6. The lowest BCUT2D eigenvalue weighted by Gasteiger charge is -2.29. The van der Waals surface area contributed by atoms with E-state index in [0.717, 1.165) is 17.7 Å². The van der Waals surface area contributed by atoms with Gasteiger partial charge in [0.05, 0.1) is 18.4 Å². The van der Waals surface area contributed by atoms with E-state index < -0.39 is 17.3 Å². The fourth-order valence-electron chi connectivity index (χ4n) is 3.14. The third kappa shape index (κ3) is 3.43. The second kappa shape index (κ2) is 7.23. The van der Waals surface area contributed by atoms with Crippen molar-refractivity contribution < 1.29 is 19.1 Å². The molecule has 0 bridgehead atoms. The van der Waals surface area contributed by atoms with E-state index >= 15 is 0 Å². The van der Waals surface area contributed by atoms with Gasteiger partial charge in [0.25, 0.3) is 0 Å². The Morgan fingerprint density at radius 1 is 1.04 bits per heavy atom. The Morgan fingerprint density at radius 3 is 2.44 bits per heavy atom. The van der Waals surface area contributed by atoms with Crippen LogP contribution in [0.4, 0.5) is 11.4 Å². The Kier molecular flexibility index (Phi) is 4.99. The summed E-state index contributed by atoms with van der Waals surface area (Å²) in [6.07, 6.45) is 0.769. The van der Waals surface area contributed by atoms with E-state index in [4.69, 9.17) is 4.74 Å². The van der Waals surface area contributed by atoms with Crippen LogP contribution in [0.1, 0.15) is 29.8 Å². The van der Waals surface area contributed by atoms with Crippen molar-refractivity contribution in [3.05, 3.63) is 59.7 Å². The van der Waals surface area contributed by atoms with Gasteiger partial charge < -0.3 is 15.0 Å². The Morgan fingerprint density at radius 2 is 1.70 bits per heavy atom. The van der Waals surface area contributed by atoms with E-state index in [1.807, 2.05) is 24.3 Å². The molecular formula is C21H22N2O4. The van der Waals surface area contributed by atoms with Gasteiger partial charge >= 0.3 is 5.97 Å². The summed E-state index contributed by atoms with van der Waals surface area (Å²) < 4.78 is 4.75. The number of benzene rings is 2. The molecular weight excluding hydrogens is 344 g/mol. The molecule has 0 saturated heterocycles. The van der Waals surface area contributed by atoms with Crippen LogP contribution in [0.25, 0.3) is 0 Å². The van der Waals surface area contributed by atoms with Gasteiger partial charge in [-0.3, -0.25) is 9.59 Å². The molecule has 27 heavy (non-hydrogen) atoms. The monoisotopic (exact) mass is 366 g/mol. The van der Waals surface area contributed by atoms with Gasteiger partial charge in [-0.25, -0.2) is 4.79 Å². The van der Waals surface area contributed by atoms with Crippen molar-refractivity contribution in [2.45, 2.75) is 20.3 Å². The fourth-order valence-corrected chi connectivity index (χ4v) is 3.14. The van der Waals surface area contributed by atoms with Gasteiger partial charge in [-0.15, -0.1) is 0 Å². The summed E-state index contributed by atoms with van der Waals surface area (Å²) in [5.74, 6) is -1.31. The molecule has 2 aromatic carbocycles. The maximum absolute atomic E-state index is 13.1. The van der Waals surface area contributed by atoms with E-state index in [9.17, 15) is 14.4 Å². The quantitative estimate of drug-likeness (QED) is 0.667. The van der Waals surface area contributed by atoms with Gasteiger partial charge in [-0.2, -0.15) is 0 Å². The van der Waals surface area contributed by atoms with Gasteiger partial charge in [0.15, 0.2) is 0 Å². The first-order chi connectivity index (χ1) is 12.9. The SMILES string of the molecule is COC(=O)c1ccccc1NC(=O)C(C)(C)C(=O)N1CCc2ccccc21. The molecule has 1 aliphatic heterocycles. The van der Waals surface area contributed by atoms with Gasteiger partial charge in [0.1, 0.15) is 5.41 Å². The number of hydrogen-bond acceptors (Lipinski definition) is 4. The minimum absolute atomic E-state index is 0.239. The summed E-state index contributed by atoms with van der Waals surface area (Å²) in [6.45, 7) is 3.73. The summed E-state index contributed by atoms with van der Waals surface area (Å²) in [5.41, 5.74) is 1.19. The molecule has 6 heteroatoms. The lowest BCUT2D eigenvalue weighted by Crippen LogP contribution is -2.47. The standard InChI is InChI=1S/C21H22N2O4/c1-21(2,20(26)23-13-12-14-8-4-7-11-17(14)23)19(25)22-16-10-6-5-9-15(16)18(24)27-3/h4-11H,12-13H2,1-3H3,(H,22,25). The lowest BCUT2D eigenvalue weighted by molar-refractivity contribution is -0.136. The Hall–Kier alpha value is -3.15. The van der Waals surface area contributed by atoms with Crippen LogP contribution in [-0.4, -0.2) is 31.4 Å². The number of rotatable bonds is 4. The van der Waals surface area contributed by atoms with Crippen molar-refractivity contribution in [3.63, 3.8) is 0 Å². The van der Waals surface area contributed by atoms with E-state index in [1.165, 1.54) is 7.11 Å². The number of amides is 2. The number of carbonyl (C=O) groups excluding carboxylic acids is 3. The molecule has 2 amide bonds. The molecule has 1 N–H and O–H groups in total. The van der Waals surface area contributed by atoms with Crippen LogP contribution >= 0.6 is 0 Å². The number of ether oxygens (including phenoxy) is 1. The fraction of sp³-hybridized carbons (Fsp3) is 0.286. The van der Waals surface area contributed by atoms with Crippen LogP contribution in [-0.2, 0) is 20.7 Å². The molecule has 0 radical (unpaired) electrons. The zero-order chi connectivity index (χ0) is 19.6. The first kappa shape index (κ1) is 18.6. The predicted molar refractivity (Wildman–Crippen MR) is 103 cm³/mol. The third-order valence-electron chi connectivity index (χ3n) is 4.82. The number of nitrogens with one attached hydrogen (secondary N) is 1. The number of nitrogens with zero attached hydrogens (tertiary/aromatic N) is 1. The maximum atomic E-state index is 13.1. The molecule has 0 aromatic heterocycles. The molecule has 0 saturated carbocycles. The number of para-hydroxylation sites is 2. The second-order valence-electron chi connectivity index (χ2n) is 6.95. The van der Waals surface area contributed by atoms with E-state index in [-0.39, 0.29) is 11.5 Å². The maximum Gasteiger partial charge on any atom is 0.339 e. The lowest BCUT2D eigenvalue weighted by atomic mass is 9.90. The second-order valence-corrected chi connectivity index (χ2v) is 6.95. The molecule has 0 atom stereocenters. The van der Waals surface area contributed by atoms with E-state index in [0.29, 0.717) is 12.2 Å². The minimum Gasteiger partial charge on any atom is -0.465 e. The van der Waals surface area contributed by atoms with Crippen LogP contribution in [0.5, 0.6) is 0 Å². The number of hydrogen-bond donors (Lipinski definition) is 1. The summed E-state index contributed by atoms with van der Waals surface area (Å²) in [7, 11) is 1.28. The van der Waals surface area contributed by atoms with Crippen molar-refractivity contribution in [1.29, 1.82) is 0 Å². The smallest absolute Gasteiger partial charge is 0.339 e.